The number of halogens is 1. The second-order valence-corrected chi connectivity index (χ2v) is 5.58. The zero-order valence-electron chi connectivity index (χ0n) is 12.9. The molecule has 2 amide bonds. The fourth-order valence-corrected chi connectivity index (χ4v) is 2.24. The normalized spacial score (nSPS) is 14.2. The van der Waals surface area contributed by atoms with Crippen molar-refractivity contribution in [2.75, 3.05) is 5.32 Å². The first-order valence-electron chi connectivity index (χ1n) is 7.59. The smallest absolute Gasteiger partial charge is 0.319 e. The highest BCUT2D eigenvalue weighted by Gasteiger charge is 2.20. The molecule has 0 radical (unpaired) electrons. The number of benzene rings is 1. The summed E-state index contributed by atoms with van der Waals surface area (Å²) in [5.41, 5.74) is 0.376. The molecule has 2 N–H and O–H groups in total. The number of ether oxygens (including phenoxy) is 1. The number of amides is 2. The summed E-state index contributed by atoms with van der Waals surface area (Å²) >= 11 is 0. The van der Waals surface area contributed by atoms with Gasteiger partial charge >= 0.3 is 6.03 Å². The Labute approximate surface area is 133 Å². The van der Waals surface area contributed by atoms with Crippen molar-refractivity contribution in [1.82, 2.24) is 14.9 Å². The van der Waals surface area contributed by atoms with E-state index in [4.69, 9.17) is 4.74 Å². The number of nitrogens with one attached hydrogen (secondary N) is 2. The van der Waals surface area contributed by atoms with Crippen molar-refractivity contribution in [3.05, 3.63) is 42.2 Å². The van der Waals surface area contributed by atoms with Gasteiger partial charge in [0.2, 0.25) is 0 Å². The molecule has 1 heterocycles. The summed E-state index contributed by atoms with van der Waals surface area (Å²) in [5.74, 6) is 0.489. The molecular weight excluding hydrogens is 299 g/mol. The van der Waals surface area contributed by atoms with Gasteiger partial charge in [-0.1, -0.05) is 0 Å². The largest absolute Gasteiger partial charge is 0.487 e. The lowest BCUT2D eigenvalue weighted by Gasteiger charge is -2.26. The van der Waals surface area contributed by atoms with E-state index in [1.807, 2.05) is 11.6 Å². The summed E-state index contributed by atoms with van der Waals surface area (Å²) in [5, 5.41) is 5.26. The van der Waals surface area contributed by atoms with Crippen LogP contribution in [0.3, 0.4) is 0 Å². The van der Waals surface area contributed by atoms with Gasteiger partial charge in [-0.25, -0.2) is 14.2 Å². The minimum atomic E-state index is -0.473. The van der Waals surface area contributed by atoms with Crippen LogP contribution in [0.2, 0.25) is 0 Å². The molecular formula is C16H19FN4O2. The van der Waals surface area contributed by atoms with Crippen LogP contribution < -0.4 is 15.4 Å². The first-order valence-corrected chi connectivity index (χ1v) is 7.59. The molecule has 6 nitrogen and oxygen atoms in total. The average molecular weight is 318 g/mol. The monoisotopic (exact) mass is 318 g/mol. The number of anilines is 1. The lowest BCUT2D eigenvalue weighted by Crippen LogP contribution is -2.29. The molecule has 23 heavy (non-hydrogen) atoms. The van der Waals surface area contributed by atoms with E-state index in [0.29, 0.717) is 12.2 Å². The van der Waals surface area contributed by atoms with Crippen LogP contribution in [0.15, 0.2) is 30.6 Å². The molecule has 0 spiro atoms. The SMILES string of the molecule is Cn1ccnc1CNC(=O)Nc1ccc(OC2CCC2)c(F)c1. The number of hydrogen-bond donors (Lipinski definition) is 2. The predicted octanol–water partition coefficient (Wildman–Crippen LogP) is 2.81. The minimum absolute atomic E-state index is 0.115. The van der Waals surface area contributed by atoms with Crippen LogP contribution in [0.1, 0.15) is 25.1 Å². The number of aromatic nitrogens is 2. The molecule has 3 rings (SSSR count). The molecule has 122 valence electrons. The summed E-state index contributed by atoms with van der Waals surface area (Å²) in [7, 11) is 1.85. The molecule has 1 saturated carbocycles. The average Bonchev–Trinajstić information content (AvgIpc) is 2.88. The summed E-state index contributed by atoms with van der Waals surface area (Å²) in [6.45, 7) is 0.292. The molecule has 0 aliphatic heterocycles. The summed E-state index contributed by atoms with van der Waals surface area (Å²) in [6.07, 6.45) is 6.63. The molecule has 7 heteroatoms. The Morgan fingerprint density at radius 1 is 1.48 bits per heavy atom. The highest BCUT2D eigenvalue weighted by molar-refractivity contribution is 5.89. The van der Waals surface area contributed by atoms with Crippen molar-refractivity contribution in [2.24, 2.45) is 7.05 Å². The predicted molar refractivity (Wildman–Crippen MR) is 83.7 cm³/mol. The van der Waals surface area contributed by atoms with Crippen LogP contribution in [0.25, 0.3) is 0 Å². The second kappa shape index (κ2) is 6.68. The van der Waals surface area contributed by atoms with Crippen molar-refractivity contribution in [2.45, 2.75) is 31.9 Å². The maximum Gasteiger partial charge on any atom is 0.319 e. The fourth-order valence-electron chi connectivity index (χ4n) is 2.24. The van der Waals surface area contributed by atoms with Crippen molar-refractivity contribution in [1.29, 1.82) is 0 Å². The Kier molecular flexibility index (Phi) is 4.45. The van der Waals surface area contributed by atoms with Crippen LogP contribution in [0.4, 0.5) is 14.9 Å². The Balaban J connectivity index is 1.53. The number of imidazole rings is 1. The topological polar surface area (TPSA) is 68.2 Å². The minimum Gasteiger partial charge on any atom is -0.487 e. The second-order valence-electron chi connectivity index (χ2n) is 5.58. The number of hydrogen-bond acceptors (Lipinski definition) is 3. The molecule has 1 fully saturated rings. The Bertz CT molecular complexity index is 697. The standard InChI is InChI=1S/C16H19FN4O2/c1-21-8-7-18-15(21)10-19-16(22)20-11-5-6-14(13(17)9-11)23-12-3-2-4-12/h5-9,12H,2-4,10H2,1H3,(H2,19,20,22). The van der Waals surface area contributed by atoms with Gasteiger partial charge in [0.25, 0.3) is 0 Å². The van der Waals surface area contributed by atoms with E-state index in [1.54, 1.807) is 24.5 Å². The van der Waals surface area contributed by atoms with Gasteiger partial charge in [0.15, 0.2) is 11.6 Å². The van der Waals surface area contributed by atoms with Gasteiger partial charge in [-0.3, -0.25) is 0 Å². The third-order valence-corrected chi connectivity index (χ3v) is 3.86. The number of aryl methyl sites for hydroxylation is 1. The number of rotatable bonds is 5. The maximum atomic E-state index is 14.0. The van der Waals surface area contributed by atoms with Crippen molar-refractivity contribution in [3.63, 3.8) is 0 Å². The Morgan fingerprint density at radius 3 is 2.91 bits per heavy atom. The zero-order valence-corrected chi connectivity index (χ0v) is 12.9. The summed E-state index contributed by atoms with van der Waals surface area (Å²) in [6, 6.07) is 4.01. The van der Waals surface area contributed by atoms with E-state index >= 15 is 0 Å². The van der Waals surface area contributed by atoms with Gasteiger partial charge in [0.1, 0.15) is 5.82 Å². The van der Waals surface area contributed by atoms with E-state index < -0.39 is 11.8 Å². The lowest BCUT2D eigenvalue weighted by atomic mass is 9.96. The molecule has 0 unspecified atom stereocenters. The van der Waals surface area contributed by atoms with Gasteiger partial charge in [0.05, 0.1) is 12.6 Å². The van der Waals surface area contributed by atoms with Crippen LogP contribution in [-0.4, -0.2) is 21.7 Å². The molecule has 0 bridgehead atoms. The van der Waals surface area contributed by atoms with Gasteiger partial charge in [-0.15, -0.1) is 0 Å². The van der Waals surface area contributed by atoms with Crippen LogP contribution in [0.5, 0.6) is 5.75 Å². The highest BCUT2D eigenvalue weighted by Crippen LogP contribution is 2.28. The molecule has 2 aromatic rings. The Morgan fingerprint density at radius 2 is 2.30 bits per heavy atom. The molecule has 1 aromatic carbocycles. The van der Waals surface area contributed by atoms with Crippen molar-refractivity contribution < 1.29 is 13.9 Å². The maximum absolute atomic E-state index is 14.0. The van der Waals surface area contributed by atoms with Gasteiger partial charge in [-0.2, -0.15) is 0 Å². The highest BCUT2D eigenvalue weighted by atomic mass is 19.1. The van der Waals surface area contributed by atoms with Crippen molar-refractivity contribution >= 4 is 11.7 Å². The van der Waals surface area contributed by atoms with Crippen molar-refractivity contribution in [3.8, 4) is 5.75 Å². The zero-order chi connectivity index (χ0) is 16.2. The van der Waals surface area contributed by atoms with Gasteiger partial charge < -0.3 is 19.9 Å². The van der Waals surface area contributed by atoms with E-state index in [2.05, 4.69) is 15.6 Å². The molecule has 1 aliphatic rings. The number of carbonyl (C=O) groups excluding carboxylic acids is 1. The quantitative estimate of drug-likeness (QED) is 0.891. The lowest BCUT2D eigenvalue weighted by molar-refractivity contribution is 0.115. The summed E-state index contributed by atoms with van der Waals surface area (Å²) < 4.78 is 21.3. The molecule has 0 atom stereocenters. The number of urea groups is 1. The van der Waals surface area contributed by atoms with E-state index in [-0.39, 0.29) is 11.9 Å². The van der Waals surface area contributed by atoms with E-state index in [0.717, 1.165) is 25.1 Å². The van der Waals surface area contributed by atoms with Gasteiger partial charge in [-0.05, 0) is 31.4 Å². The molecule has 1 aliphatic carbocycles. The van der Waals surface area contributed by atoms with Gasteiger partial charge in [0, 0.05) is 31.2 Å². The fraction of sp³-hybridized carbons (Fsp3) is 0.375. The third-order valence-electron chi connectivity index (χ3n) is 3.86. The van der Waals surface area contributed by atoms with E-state index in [1.165, 1.54) is 6.07 Å². The number of carbonyl (C=O) groups is 1. The Hall–Kier alpha value is -2.57. The number of nitrogens with zero attached hydrogens (tertiary/aromatic N) is 2. The van der Waals surface area contributed by atoms with Crippen LogP contribution in [0, 0.1) is 5.82 Å². The van der Waals surface area contributed by atoms with Crippen LogP contribution >= 0.6 is 0 Å². The molecule has 0 saturated heterocycles. The van der Waals surface area contributed by atoms with E-state index in [9.17, 15) is 9.18 Å². The van der Waals surface area contributed by atoms with Crippen LogP contribution in [-0.2, 0) is 13.6 Å². The first-order chi connectivity index (χ1) is 11.1. The first kappa shape index (κ1) is 15.3. The third kappa shape index (κ3) is 3.80. The summed E-state index contributed by atoms with van der Waals surface area (Å²) in [4.78, 5) is 15.9. The molecule has 1 aromatic heterocycles.